The lowest BCUT2D eigenvalue weighted by Crippen LogP contribution is -2.58. The van der Waals surface area contributed by atoms with Crippen molar-refractivity contribution in [1.82, 2.24) is 5.32 Å². The number of amides is 1. The van der Waals surface area contributed by atoms with Crippen molar-refractivity contribution in [1.29, 1.82) is 5.41 Å². The van der Waals surface area contributed by atoms with E-state index in [1.807, 2.05) is 38.1 Å². The molecular weight excluding hydrogens is 461 g/mol. The summed E-state index contributed by atoms with van der Waals surface area (Å²) in [6.45, 7) is 3.07. The van der Waals surface area contributed by atoms with E-state index in [2.05, 4.69) is 5.32 Å². The summed E-state index contributed by atoms with van der Waals surface area (Å²) >= 11 is 0. The minimum atomic E-state index is -2.00. The molecule has 0 aliphatic carbocycles. The van der Waals surface area contributed by atoms with Gasteiger partial charge in [-0.2, -0.15) is 0 Å². The fourth-order valence-electron chi connectivity index (χ4n) is 3.56. The molecule has 1 aromatic carbocycles. The maximum Gasteiger partial charge on any atom is 0.231 e. The molecule has 8 N–H and O–H groups in total. The van der Waals surface area contributed by atoms with Gasteiger partial charge < -0.3 is 41.0 Å². The SMILES string of the molecule is CC(C)/C(N)=C(\Cc1ccc(CCC(=O)NCCO)cc1)C(=N)OC1OC(CO)C(F)C(O)C1O. The second kappa shape index (κ2) is 13.5. The lowest BCUT2D eigenvalue weighted by Gasteiger charge is -2.38. The molecule has 1 aliphatic heterocycles. The molecule has 2 rings (SSSR count). The maximum absolute atomic E-state index is 14.0. The van der Waals surface area contributed by atoms with Crippen molar-refractivity contribution in [2.24, 2.45) is 11.7 Å². The van der Waals surface area contributed by atoms with E-state index in [0.29, 0.717) is 17.7 Å². The summed E-state index contributed by atoms with van der Waals surface area (Å²) in [6, 6.07) is 7.40. The number of nitrogens with one attached hydrogen (secondary N) is 2. The number of rotatable bonds is 11. The molecule has 0 bridgehead atoms. The van der Waals surface area contributed by atoms with Gasteiger partial charge >= 0.3 is 0 Å². The first kappa shape index (κ1) is 28.7. The normalized spacial score (nSPS) is 25.2. The zero-order valence-corrected chi connectivity index (χ0v) is 20.0. The van der Waals surface area contributed by atoms with Gasteiger partial charge in [0.25, 0.3) is 0 Å². The van der Waals surface area contributed by atoms with Gasteiger partial charge in [0.2, 0.25) is 18.1 Å². The zero-order valence-electron chi connectivity index (χ0n) is 20.0. The Bertz CT molecular complexity index is 876. The standard InChI is InChI=1S/C24H36FN3O7/c1-13(2)20(26)16(23(27)35-24-22(33)21(32)19(25)17(12-30)34-24)11-15-5-3-14(4-6-15)7-8-18(31)28-9-10-29/h3-6,13,17,19,21-22,24,27,29-30,32-33H,7-12,26H2,1-2H3,(H,28,31)/b20-16-,27-23?. The topological polar surface area (TPSA) is 178 Å². The third-order valence-electron chi connectivity index (χ3n) is 5.76. The summed E-state index contributed by atoms with van der Waals surface area (Å²) in [5.74, 6) is -0.677. The average Bonchev–Trinajstić information content (AvgIpc) is 2.85. The number of allylic oxidation sites excluding steroid dienone is 1. The van der Waals surface area contributed by atoms with E-state index in [4.69, 9.17) is 25.7 Å². The van der Waals surface area contributed by atoms with E-state index in [1.54, 1.807) is 0 Å². The fourth-order valence-corrected chi connectivity index (χ4v) is 3.56. The number of hydrogen-bond donors (Lipinski definition) is 7. The number of nitrogens with two attached hydrogens (primary N) is 1. The van der Waals surface area contributed by atoms with Crippen LogP contribution >= 0.6 is 0 Å². The molecule has 0 saturated carbocycles. The summed E-state index contributed by atoms with van der Waals surface area (Å²) in [5.41, 5.74) is 8.71. The van der Waals surface area contributed by atoms with Crippen LogP contribution in [0.2, 0.25) is 0 Å². The highest BCUT2D eigenvalue weighted by molar-refractivity contribution is 5.92. The lowest BCUT2D eigenvalue weighted by atomic mass is 9.96. The molecule has 196 valence electrons. The van der Waals surface area contributed by atoms with Gasteiger partial charge in [-0.25, -0.2) is 4.39 Å². The van der Waals surface area contributed by atoms with Gasteiger partial charge in [0.05, 0.1) is 13.2 Å². The Labute approximate surface area is 204 Å². The van der Waals surface area contributed by atoms with Crippen LogP contribution in [-0.4, -0.2) is 82.8 Å². The molecule has 1 saturated heterocycles. The van der Waals surface area contributed by atoms with Crippen LogP contribution in [0.15, 0.2) is 35.5 Å². The number of alkyl halides is 1. The Morgan fingerprint density at radius 2 is 1.83 bits per heavy atom. The molecule has 11 heteroatoms. The van der Waals surface area contributed by atoms with Crippen molar-refractivity contribution < 1.29 is 39.1 Å². The Kier molecular flexibility index (Phi) is 11.1. The van der Waals surface area contributed by atoms with Crippen LogP contribution in [-0.2, 0) is 27.1 Å². The molecule has 1 amide bonds. The summed E-state index contributed by atoms with van der Waals surface area (Å²) in [7, 11) is 0. The minimum Gasteiger partial charge on any atom is -0.445 e. The molecule has 5 unspecified atom stereocenters. The molecule has 1 aromatic rings. The number of halogens is 1. The number of ether oxygens (including phenoxy) is 2. The molecule has 0 radical (unpaired) electrons. The molecule has 10 nitrogen and oxygen atoms in total. The monoisotopic (exact) mass is 497 g/mol. The van der Waals surface area contributed by atoms with E-state index in [0.717, 1.165) is 11.1 Å². The Morgan fingerprint density at radius 1 is 1.20 bits per heavy atom. The third kappa shape index (κ3) is 7.97. The van der Waals surface area contributed by atoms with Crippen LogP contribution in [0.4, 0.5) is 4.39 Å². The number of hydrogen-bond acceptors (Lipinski definition) is 9. The van der Waals surface area contributed by atoms with E-state index in [9.17, 15) is 24.5 Å². The molecule has 0 spiro atoms. The first-order valence-corrected chi connectivity index (χ1v) is 11.5. The van der Waals surface area contributed by atoms with Crippen molar-refractivity contribution in [2.75, 3.05) is 19.8 Å². The summed E-state index contributed by atoms with van der Waals surface area (Å²) < 4.78 is 24.7. The summed E-state index contributed by atoms with van der Waals surface area (Å²) in [5, 5.41) is 49.1. The van der Waals surface area contributed by atoms with Gasteiger partial charge in [0.15, 0.2) is 6.17 Å². The van der Waals surface area contributed by atoms with Crippen LogP contribution in [0, 0.1) is 11.3 Å². The van der Waals surface area contributed by atoms with E-state index in [1.165, 1.54) is 0 Å². The molecule has 35 heavy (non-hydrogen) atoms. The molecule has 0 aromatic heterocycles. The van der Waals surface area contributed by atoms with Gasteiger partial charge in [0.1, 0.15) is 18.3 Å². The molecule has 5 atom stereocenters. The first-order chi connectivity index (χ1) is 16.6. The van der Waals surface area contributed by atoms with Gasteiger partial charge in [-0.15, -0.1) is 0 Å². The fraction of sp³-hybridized carbons (Fsp3) is 0.583. The quantitative estimate of drug-likeness (QED) is 0.164. The maximum atomic E-state index is 14.0. The zero-order chi connectivity index (χ0) is 26.1. The van der Waals surface area contributed by atoms with Crippen LogP contribution in [0.25, 0.3) is 0 Å². The lowest BCUT2D eigenvalue weighted by molar-refractivity contribution is -0.269. The highest BCUT2D eigenvalue weighted by atomic mass is 19.1. The van der Waals surface area contributed by atoms with Crippen molar-refractivity contribution in [3.8, 4) is 0 Å². The first-order valence-electron chi connectivity index (χ1n) is 11.5. The predicted octanol–water partition coefficient (Wildman–Crippen LogP) is -0.0900. The van der Waals surface area contributed by atoms with E-state index < -0.39 is 43.3 Å². The number of benzene rings is 1. The largest absolute Gasteiger partial charge is 0.445 e. The second-order valence-corrected chi connectivity index (χ2v) is 8.75. The second-order valence-electron chi connectivity index (χ2n) is 8.75. The minimum absolute atomic E-state index is 0.112. The summed E-state index contributed by atoms with van der Waals surface area (Å²) in [6.07, 6.45) is -7.54. The van der Waals surface area contributed by atoms with Crippen LogP contribution in [0.3, 0.4) is 0 Å². The number of carbonyl (C=O) groups excluding carboxylic acids is 1. The van der Waals surface area contributed by atoms with E-state index >= 15 is 0 Å². The van der Waals surface area contributed by atoms with Crippen LogP contribution < -0.4 is 11.1 Å². The highest BCUT2D eigenvalue weighted by Gasteiger charge is 2.46. The third-order valence-corrected chi connectivity index (χ3v) is 5.76. The van der Waals surface area contributed by atoms with Gasteiger partial charge in [-0.1, -0.05) is 38.1 Å². The predicted molar refractivity (Wildman–Crippen MR) is 126 cm³/mol. The van der Waals surface area contributed by atoms with Crippen LogP contribution in [0.5, 0.6) is 0 Å². The van der Waals surface area contributed by atoms with Crippen molar-refractivity contribution >= 4 is 11.8 Å². The van der Waals surface area contributed by atoms with Gasteiger partial charge in [-0.3, -0.25) is 10.2 Å². The summed E-state index contributed by atoms with van der Waals surface area (Å²) in [4.78, 5) is 11.7. The number of carbonyl (C=O) groups is 1. The van der Waals surface area contributed by atoms with E-state index in [-0.39, 0.29) is 37.8 Å². The number of aliphatic hydroxyl groups is 4. The van der Waals surface area contributed by atoms with Crippen LogP contribution in [0.1, 0.15) is 31.4 Å². The average molecular weight is 498 g/mol. The molecule has 1 aliphatic rings. The molecular formula is C24H36FN3O7. The molecule has 1 heterocycles. The highest BCUT2D eigenvalue weighted by Crippen LogP contribution is 2.26. The smallest absolute Gasteiger partial charge is 0.231 e. The van der Waals surface area contributed by atoms with Crippen molar-refractivity contribution in [2.45, 2.75) is 63.9 Å². The van der Waals surface area contributed by atoms with Crippen molar-refractivity contribution in [3.63, 3.8) is 0 Å². The Hall–Kier alpha value is -2.57. The van der Waals surface area contributed by atoms with Gasteiger partial charge in [0, 0.05) is 30.7 Å². The number of aliphatic hydroxyl groups excluding tert-OH is 4. The Morgan fingerprint density at radius 3 is 2.40 bits per heavy atom. The number of aryl methyl sites for hydroxylation is 1. The Balaban J connectivity index is 2.10. The van der Waals surface area contributed by atoms with Gasteiger partial charge in [-0.05, 0) is 23.5 Å². The van der Waals surface area contributed by atoms with Crippen molar-refractivity contribution in [3.05, 3.63) is 46.7 Å². The molecule has 1 fully saturated rings.